The second-order valence-electron chi connectivity index (χ2n) is 3.63. The van der Waals surface area contributed by atoms with Gasteiger partial charge in [0.25, 0.3) is 0 Å². The predicted molar refractivity (Wildman–Crippen MR) is 65.0 cm³/mol. The van der Waals surface area contributed by atoms with E-state index in [4.69, 9.17) is 13.3 Å². The van der Waals surface area contributed by atoms with Crippen LogP contribution in [0.4, 0.5) is 0 Å². The minimum Gasteiger partial charge on any atom is -0.377 e. The Morgan fingerprint density at radius 3 is 2.07 bits per heavy atom. The van der Waals surface area contributed by atoms with E-state index in [1.807, 2.05) is 6.92 Å². The lowest BCUT2D eigenvalue weighted by atomic mass is 10.4. The third-order valence-corrected chi connectivity index (χ3v) is 5.29. The molecule has 0 aromatic carbocycles. The van der Waals surface area contributed by atoms with Gasteiger partial charge in [-0.1, -0.05) is 26.7 Å². The van der Waals surface area contributed by atoms with Gasteiger partial charge in [0.1, 0.15) is 0 Å². The van der Waals surface area contributed by atoms with E-state index in [2.05, 4.69) is 13.8 Å². The summed E-state index contributed by atoms with van der Waals surface area (Å²) in [6, 6.07) is 0.942. The topological polar surface area (TPSA) is 27.7 Å². The fraction of sp³-hybridized carbons (Fsp3) is 1.00. The molecule has 0 saturated heterocycles. The molecule has 0 aliphatic carbocycles. The molecule has 92 valence electrons. The first-order valence-corrected chi connectivity index (χ1v) is 8.00. The summed E-state index contributed by atoms with van der Waals surface area (Å²) in [7, 11) is -0.616. The molecule has 0 fully saturated rings. The molecule has 3 nitrogen and oxygen atoms in total. The molecular formula is C11H26O3Si. The average molecular weight is 234 g/mol. The molecule has 0 aliphatic rings. The molecule has 4 heteroatoms. The van der Waals surface area contributed by atoms with Crippen LogP contribution in [-0.2, 0) is 13.3 Å². The third kappa shape index (κ3) is 6.30. The minimum atomic E-state index is -2.33. The van der Waals surface area contributed by atoms with E-state index in [9.17, 15) is 0 Å². The quantitative estimate of drug-likeness (QED) is 0.429. The van der Waals surface area contributed by atoms with Crippen molar-refractivity contribution in [1.82, 2.24) is 0 Å². The zero-order valence-electron chi connectivity index (χ0n) is 10.7. The first-order valence-electron chi connectivity index (χ1n) is 6.07. The van der Waals surface area contributed by atoms with E-state index in [-0.39, 0.29) is 0 Å². The Kier molecular flexibility index (Phi) is 9.39. The molecule has 0 bridgehead atoms. The average Bonchev–Trinajstić information content (AvgIpc) is 2.26. The highest BCUT2D eigenvalue weighted by atomic mass is 28.4. The Bertz CT molecular complexity index is 144. The summed E-state index contributed by atoms with van der Waals surface area (Å²) in [5, 5.41) is 0. The molecule has 0 aliphatic heterocycles. The van der Waals surface area contributed by atoms with Crippen LogP contribution in [0.3, 0.4) is 0 Å². The van der Waals surface area contributed by atoms with Crippen molar-refractivity contribution in [1.29, 1.82) is 0 Å². The van der Waals surface area contributed by atoms with Gasteiger partial charge in [-0.2, -0.15) is 0 Å². The van der Waals surface area contributed by atoms with E-state index in [1.54, 1.807) is 7.11 Å². The number of hydrogen-bond donors (Lipinski definition) is 0. The monoisotopic (exact) mass is 234 g/mol. The van der Waals surface area contributed by atoms with Gasteiger partial charge in [-0.3, -0.25) is 0 Å². The van der Waals surface area contributed by atoms with E-state index >= 15 is 0 Å². The predicted octanol–water partition coefficient (Wildman–Crippen LogP) is 3.23. The van der Waals surface area contributed by atoms with Gasteiger partial charge in [-0.25, -0.2) is 0 Å². The number of hydrogen-bond acceptors (Lipinski definition) is 3. The number of rotatable bonds is 10. The van der Waals surface area contributed by atoms with Crippen LogP contribution in [0.1, 0.15) is 46.5 Å². The Balaban J connectivity index is 4.09. The maximum absolute atomic E-state index is 5.86. The van der Waals surface area contributed by atoms with Crippen LogP contribution in [0.5, 0.6) is 0 Å². The first kappa shape index (κ1) is 15.1. The molecule has 0 rings (SSSR count). The third-order valence-electron chi connectivity index (χ3n) is 2.33. The Morgan fingerprint density at radius 2 is 1.60 bits per heavy atom. The largest absolute Gasteiger partial charge is 0.500 e. The van der Waals surface area contributed by atoms with Crippen LogP contribution in [-0.4, -0.2) is 29.1 Å². The lowest BCUT2D eigenvalue weighted by molar-refractivity contribution is 0.0801. The first-order chi connectivity index (χ1) is 7.24. The van der Waals surface area contributed by atoms with Crippen LogP contribution in [0.15, 0.2) is 0 Å². The van der Waals surface area contributed by atoms with Gasteiger partial charge >= 0.3 is 8.80 Å². The van der Waals surface area contributed by atoms with Gasteiger partial charge in [-0.05, 0) is 19.8 Å². The van der Waals surface area contributed by atoms with Crippen molar-refractivity contribution in [3.63, 3.8) is 0 Å². The van der Waals surface area contributed by atoms with Gasteiger partial charge in [0, 0.05) is 26.4 Å². The van der Waals surface area contributed by atoms with Crippen molar-refractivity contribution in [2.24, 2.45) is 0 Å². The molecule has 15 heavy (non-hydrogen) atoms. The van der Waals surface area contributed by atoms with Crippen LogP contribution < -0.4 is 0 Å². The van der Waals surface area contributed by atoms with Crippen molar-refractivity contribution in [3.8, 4) is 0 Å². The lowest BCUT2D eigenvalue weighted by Crippen LogP contribution is -2.45. The molecule has 0 radical (unpaired) electrons. The Labute approximate surface area is 95.5 Å². The van der Waals surface area contributed by atoms with Crippen LogP contribution in [0.25, 0.3) is 0 Å². The SMILES string of the molecule is CCCCO[Si](CCCC)(OC)OCC. The van der Waals surface area contributed by atoms with E-state index in [1.165, 1.54) is 0 Å². The zero-order valence-corrected chi connectivity index (χ0v) is 11.7. The molecule has 0 amide bonds. The van der Waals surface area contributed by atoms with Crippen LogP contribution in [0.2, 0.25) is 6.04 Å². The molecule has 0 saturated carbocycles. The molecule has 0 spiro atoms. The normalized spacial score (nSPS) is 15.2. The van der Waals surface area contributed by atoms with Crippen molar-refractivity contribution >= 4 is 8.80 Å². The van der Waals surface area contributed by atoms with Crippen LogP contribution in [0, 0.1) is 0 Å². The van der Waals surface area contributed by atoms with Gasteiger partial charge in [0.05, 0.1) is 0 Å². The van der Waals surface area contributed by atoms with Gasteiger partial charge in [-0.15, -0.1) is 0 Å². The maximum atomic E-state index is 5.86. The lowest BCUT2D eigenvalue weighted by Gasteiger charge is -2.27. The fourth-order valence-electron chi connectivity index (χ4n) is 1.39. The minimum absolute atomic E-state index is 0.676. The smallest absolute Gasteiger partial charge is 0.377 e. The summed E-state index contributed by atoms with van der Waals surface area (Å²) in [4.78, 5) is 0. The molecule has 0 heterocycles. The summed E-state index contributed by atoms with van der Waals surface area (Å²) in [6.45, 7) is 7.77. The van der Waals surface area contributed by atoms with Crippen molar-refractivity contribution in [2.45, 2.75) is 52.5 Å². The summed E-state index contributed by atoms with van der Waals surface area (Å²) < 4.78 is 17.1. The Morgan fingerprint density at radius 1 is 0.933 bits per heavy atom. The second kappa shape index (κ2) is 9.33. The van der Waals surface area contributed by atoms with Gasteiger partial charge < -0.3 is 13.3 Å². The zero-order chi connectivity index (χ0) is 11.6. The standard InChI is InChI=1S/C11H26O3Si/c1-5-8-10-14-15(12-4,13-7-3)11-9-6-2/h5-11H2,1-4H3. The van der Waals surface area contributed by atoms with Crippen molar-refractivity contribution in [2.75, 3.05) is 20.3 Å². The molecule has 1 unspecified atom stereocenters. The highest BCUT2D eigenvalue weighted by Crippen LogP contribution is 2.18. The van der Waals surface area contributed by atoms with Crippen LogP contribution >= 0.6 is 0 Å². The molecule has 0 aromatic rings. The second-order valence-corrected chi connectivity index (χ2v) is 6.48. The number of unbranched alkanes of at least 4 members (excludes halogenated alkanes) is 2. The molecular weight excluding hydrogens is 208 g/mol. The van der Waals surface area contributed by atoms with E-state index in [0.717, 1.165) is 38.3 Å². The summed E-state index contributed by atoms with van der Waals surface area (Å²) in [5.74, 6) is 0. The molecule has 0 aromatic heterocycles. The summed E-state index contributed by atoms with van der Waals surface area (Å²) >= 11 is 0. The summed E-state index contributed by atoms with van der Waals surface area (Å²) in [5.41, 5.74) is 0. The summed E-state index contributed by atoms with van der Waals surface area (Å²) in [6.07, 6.45) is 4.50. The Hall–Kier alpha value is 0.0969. The van der Waals surface area contributed by atoms with Crippen molar-refractivity contribution in [3.05, 3.63) is 0 Å². The fourth-order valence-corrected chi connectivity index (χ4v) is 3.88. The molecule has 0 N–H and O–H groups in total. The van der Waals surface area contributed by atoms with Gasteiger partial charge in [0.15, 0.2) is 0 Å². The highest BCUT2D eigenvalue weighted by Gasteiger charge is 2.38. The van der Waals surface area contributed by atoms with E-state index < -0.39 is 8.80 Å². The van der Waals surface area contributed by atoms with Crippen molar-refractivity contribution < 1.29 is 13.3 Å². The highest BCUT2D eigenvalue weighted by molar-refractivity contribution is 6.60. The van der Waals surface area contributed by atoms with Gasteiger partial charge in [0.2, 0.25) is 0 Å². The molecule has 1 atom stereocenters. The van der Waals surface area contributed by atoms with E-state index in [0.29, 0.717) is 6.61 Å². The maximum Gasteiger partial charge on any atom is 0.500 e.